The van der Waals surface area contributed by atoms with Gasteiger partial charge in [0, 0.05) is 30.3 Å². The van der Waals surface area contributed by atoms with E-state index in [2.05, 4.69) is 15.5 Å². The molecule has 1 aliphatic rings. The van der Waals surface area contributed by atoms with Gasteiger partial charge in [0.25, 0.3) is 0 Å². The van der Waals surface area contributed by atoms with Gasteiger partial charge in [-0.15, -0.1) is 22.0 Å². The van der Waals surface area contributed by atoms with Crippen LogP contribution in [0.4, 0.5) is 10.8 Å². The Morgan fingerprint density at radius 2 is 1.97 bits per heavy atom. The van der Waals surface area contributed by atoms with E-state index in [1.165, 1.54) is 23.1 Å². The van der Waals surface area contributed by atoms with Gasteiger partial charge in [0.1, 0.15) is 5.01 Å². The van der Waals surface area contributed by atoms with Crippen molar-refractivity contribution in [3.05, 3.63) is 69.1 Å². The molecule has 1 saturated heterocycles. The molecule has 1 fully saturated rings. The van der Waals surface area contributed by atoms with Crippen molar-refractivity contribution in [1.82, 2.24) is 10.2 Å². The molecule has 160 valence electrons. The van der Waals surface area contributed by atoms with Gasteiger partial charge in [-0.05, 0) is 29.8 Å². The predicted molar refractivity (Wildman–Crippen MR) is 127 cm³/mol. The molecule has 2 heterocycles. The zero-order valence-electron chi connectivity index (χ0n) is 16.3. The number of halogens is 2. The van der Waals surface area contributed by atoms with Crippen LogP contribution < -0.4 is 10.2 Å². The monoisotopic (exact) mass is 492 g/mol. The van der Waals surface area contributed by atoms with Gasteiger partial charge in [-0.2, -0.15) is 0 Å². The van der Waals surface area contributed by atoms with Crippen LogP contribution in [0.3, 0.4) is 0 Å². The minimum Gasteiger partial charge on any atom is -0.312 e. The topological polar surface area (TPSA) is 75.2 Å². The van der Waals surface area contributed by atoms with Crippen LogP contribution in [0.1, 0.15) is 22.9 Å². The van der Waals surface area contributed by atoms with E-state index in [0.29, 0.717) is 33.9 Å². The number of carbonyl (C=O) groups excluding carboxylic acids is 2. The smallest absolute Gasteiger partial charge is 0.236 e. The van der Waals surface area contributed by atoms with Crippen LogP contribution in [-0.4, -0.2) is 34.3 Å². The Labute approximate surface area is 198 Å². The normalized spacial score (nSPS) is 16.0. The molecule has 6 nitrogen and oxygen atoms in total. The van der Waals surface area contributed by atoms with Crippen molar-refractivity contribution in [3.63, 3.8) is 0 Å². The van der Waals surface area contributed by atoms with E-state index in [4.69, 9.17) is 23.2 Å². The van der Waals surface area contributed by atoms with Crippen molar-refractivity contribution in [3.8, 4) is 0 Å². The SMILES string of the molecule is O=C(CSCc1ccc(Cl)c(Cl)c1)Nc1nnc(C2CC(=O)N(c3ccccc3)C2)s1. The average molecular weight is 493 g/mol. The lowest BCUT2D eigenvalue weighted by atomic mass is 10.1. The molecule has 3 aromatic rings. The summed E-state index contributed by atoms with van der Waals surface area (Å²) in [5.74, 6) is 0.807. The maximum atomic E-state index is 12.4. The molecule has 1 N–H and O–H groups in total. The van der Waals surface area contributed by atoms with Gasteiger partial charge in [-0.1, -0.05) is 58.8 Å². The van der Waals surface area contributed by atoms with Crippen molar-refractivity contribution in [2.45, 2.75) is 18.1 Å². The summed E-state index contributed by atoms with van der Waals surface area (Å²) >= 11 is 14.7. The Morgan fingerprint density at radius 1 is 1.16 bits per heavy atom. The van der Waals surface area contributed by atoms with Crippen molar-refractivity contribution in [1.29, 1.82) is 0 Å². The second-order valence-corrected chi connectivity index (χ2v) is 9.78. The molecule has 0 aliphatic carbocycles. The highest BCUT2D eigenvalue weighted by Gasteiger charge is 2.33. The molecule has 1 aliphatic heterocycles. The molecular weight excluding hydrogens is 475 g/mol. The standard InChI is InChI=1S/C21H18Cl2N4O2S2/c22-16-7-6-13(8-17(16)23)11-30-12-18(28)24-21-26-25-20(31-21)14-9-19(29)27(10-14)15-4-2-1-3-5-15/h1-8,14H,9-12H2,(H,24,26,28). The summed E-state index contributed by atoms with van der Waals surface area (Å²) in [5, 5.41) is 13.3. The van der Waals surface area contributed by atoms with Gasteiger partial charge in [-0.3, -0.25) is 14.9 Å². The third-order valence-electron chi connectivity index (χ3n) is 4.72. The van der Waals surface area contributed by atoms with E-state index in [1.807, 2.05) is 36.4 Å². The summed E-state index contributed by atoms with van der Waals surface area (Å²) in [4.78, 5) is 26.4. The van der Waals surface area contributed by atoms with Crippen LogP contribution in [0, 0.1) is 0 Å². The summed E-state index contributed by atoms with van der Waals surface area (Å²) in [6.45, 7) is 0.560. The van der Waals surface area contributed by atoms with E-state index in [1.54, 1.807) is 17.0 Å². The van der Waals surface area contributed by atoms with Gasteiger partial charge in [0.2, 0.25) is 16.9 Å². The lowest BCUT2D eigenvalue weighted by molar-refractivity contribution is -0.117. The molecule has 0 spiro atoms. The third-order valence-corrected chi connectivity index (χ3v) is 7.46. The Balaban J connectivity index is 1.28. The summed E-state index contributed by atoms with van der Waals surface area (Å²) in [5.41, 5.74) is 1.88. The largest absolute Gasteiger partial charge is 0.312 e. The van der Waals surface area contributed by atoms with Crippen molar-refractivity contribution >= 4 is 68.9 Å². The fourth-order valence-corrected chi connectivity index (χ4v) is 5.17. The number of aromatic nitrogens is 2. The van der Waals surface area contributed by atoms with E-state index in [-0.39, 0.29) is 23.5 Å². The maximum Gasteiger partial charge on any atom is 0.236 e. The Morgan fingerprint density at radius 3 is 2.74 bits per heavy atom. The highest BCUT2D eigenvalue weighted by molar-refractivity contribution is 7.99. The first kappa shape index (κ1) is 22.1. The molecule has 0 saturated carbocycles. The van der Waals surface area contributed by atoms with Gasteiger partial charge in [0.15, 0.2) is 0 Å². The van der Waals surface area contributed by atoms with Crippen LogP contribution in [0.2, 0.25) is 10.0 Å². The molecule has 10 heteroatoms. The number of rotatable bonds is 7. The second-order valence-electron chi connectivity index (χ2n) is 6.98. The molecule has 2 aromatic carbocycles. The number of nitrogens with one attached hydrogen (secondary N) is 1. The number of nitrogens with zero attached hydrogens (tertiary/aromatic N) is 3. The maximum absolute atomic E-state index is 12.4. The number of hydrogen-bond donors (Lipinski definition) is 1. The number of amides is 2. The van der Waals surface area contributed by atoms with Gasteiger partial charge < -0.3 is 4.90 Å². The molecule has 0 bridgehead atoms. The highest BCUT2D eigenvalue weighted by Crippen LogP contribution is 2.34. The first-order valence-corrected chi connectivity index (χ1v) is 12.2. The van der Waals surface area contributed by atoms with E-state index in [0.717, 1.165) is 16.3 Å². The highest BCUT2D eigenvalue weighted by atomic mass is 35.5. The molecule has 0 radical (unpaired) electrons. The van der Waals surface area contributed by atoms with Crippen LogP contribution >= 0.6 is 46.3 Å². The van der Waals surface area contributed by atoms with Crippen LogP contribution in [0.15, 0.2) is 48.5 Å². The molecular formula is C21H18Cl2N4O2S2. The van der Waals surface area contributed by atoms with Gasteiger partial charge in [-0.25, -0.2) is 0 Å². The summed E-state index contributed by atoms with van der Waals surface area (Å²) in [6, 6.07) is 15.0. The number of thioether (sulfide) groups is 1. The molecule has 1 aromatic heterocycles. The minimum absolute atomic E-state index is 0.0279. The molecule has 2 amide bonds. The fourth-order valence-electron chi connectivity index (χ4n) is 3.23. The first-order valence-electron chi connectivity index (χ1n) is 9.50. The van der Waals surface area contributed by atoms with Crippen LogP contribution in [0.5, 0.6) is 0 Å². The number of carbonyl (C=O) groups is 2. The summed E-state index contributed by atoms with van der Waals surface area (Å²) in [7, 11) is 0. The fraction of sp³-hybridized carbons (Fsp3) is 0.238. The lowest BCUT2D eigenvalue weighted by Crippen LogP contribution is -2.24. The van der Waals surface area contributed by atoms with Crippen molar-refractivity contribution < 1.29 is 9.59 Å². The summed E-state index contributed by atoms with van der Waals surface area (Å²) < 4.78 is 0. The first-order chi connectivity index (χ1) is 15.0. The van der Waals surface area contributed by atoms with Crippen LogP contribution in [0.25, 0.3) is 0 Å². The van der Waals surface area contributed by atoms with Crippen molar-refractivity contribution in [2.24, 2.45) is 0 Å². The van der Waals surface area contributed by atoms with E-state index < -0.39 is 0 Å². The Hall–Kier alpha value is -2.13. The molecule has 1 unspecified atom stereocenters. The third kappa shape index (κ3) is 5.57. The number of para-hydroxylation sites is 1. The number of anilines is 2. The zero-order valence-corrected chi connectivity index (χ0v) is 19.4. The molecule has 31 heavy (non-hydrogen) atoms. The zero-order chi connectivity index (χ0) is 21.8. The number of benzene rings is 2. The van der Waals surface area contributed by atoms with Crippen molar-refractivity contribution in [2.75, 3.05) is 22.5 Å². The quantitative estimate of drug-likeness (QED) is 0.488. The summed E-state index contributed by atoms with van der Waals surface area (Å²) in [6.07, 6.45) is 0.386. The van der Waals surface area contributed by atoms with Gasteiger partial charge in [0.05, 0.1) is 15.8 Å². The van der Waals surface area contributed by atoms with Crippen LogP contribution in [-0.2, 0) is 15.3 Å². The minimum atomic E-state index is -0.152. The molecule has 4 rings (SSSR count). The molecule has 1 atom stereocenters. The van der Waals surface area contributed by atoms with E-state index >= 15 is 0 Å². The second kappa shape index (κ2) is 9.99. The predicted octanol–water partition coefficient (Wildman–Crippen LogP) is 5.24. The van der Waals surface area contributed by atoms with Gasteiger partial charge >= 0.3 is 0 Å². The Kier molecular flexibility index (Phi) is 7.12. The Bertz CT molecular complexity index is 1090. The van der Waals surface area contributed by atoms with E-state index in [9.17, 15) is 9.59 Å². The lowest BCUT2D eigenvalue weighted by Gasteiger charge is -2.15. The average Bonchev–Trinajstić information content (AvgIpc) is 3.38. The number of hydrogen-bond acceptors (Lipinski definition) is 6.